The van der Waals surface area contributed by atoms with Crippen molar-refractivity contribution in [1.29, 1.82) is 0 Å². The van der Waals surface area contributed by atoms with Crippen LogP contribution in [-0.4, -0.2) is 37.2 Å². The summed E-state index contributed by atoms with van der Waals surface area (Å²) in [5.41, 5.74) is 0. The van der Waals surface area contributed by atoms with E-state index in [-0.39, 0.29) is 37.5 Å². The molecular weight excluding hydrogens is 781 g/mol. The topological polar surface area (TPSA) is 78.9 Å². The Hall–Kier alpha value is -3.93. The van der Waals surface area contributed by atoms with Crippen LogP contribution in [0.25, 0.3) is 0 Å². The third kappa shape index (κ3) is 49.0. The van der Waals surface area contributed by atoms with Crippen molar-refractivity contribution in [2.75, 3.05) is 13.2 Å². The molecule has 1 atom stereocenters. The van der Waals surface area contributed by atoms with Crippen LogP contribution in [0.5, 0.6) is 0 Å². The molecule has 0 rings (SSSR count). The molecule has 0 radical (unpaired) electrons. The van der Waals surface area contributed by atoms with E-state index in [4.69, 9.17) is 14.2 Å². The highest BCUT2D eigenvalue weighted by Crippen LogP contribution is 2.13. The SMILES string of the molecule is CC\C=C/C=C\C=C/C=C\C=C/CCCCCC(=O)OC(COC(=O)CCCCCCC\C=C/C=C\C=C/CC)COC(=O)CCCCCCCCC/C=C\CCCCCCCC. The molecule has 0 aliphatic carbocycles. The minimum atomic E-state index is -0.812. The molecule has 0 aromatic heterocycles. The van der Waals surface area contributed by atoms with E-state index < -0.39 is 6.10 Å². The molecule has 0 fully saturated rings. The van der Waals surface area contributed by atoms with Gasteiger partial charge in [0.05, 0.1) is 0 Å². The molecule has 0 saturated heterocycles. The van der Waals surface area contributed by atoms with Crippen LogP contribution in [0.15, 0.2) is 109 Å². The highest BCUT2D eigenvalue weighted by atomic mass is 16.6. The Morgan fingerprint density at radius 3 is 1.03 bits per heavy atom. The summed E-state index contributed by atoms with van der Waals surface area (Å²) in [4.78, 5) is 38.0. The zero-order chi connectivity index (χ0) is 45.8. The van der Waals surface area contributed by atoms with Crippen LogP contribution in [0.4, 0.5) is 0 Å². The third-order valence-corrected chi connectivity index (χ3v) is 10.4. The molecule has 0 heterocycles. The summed E-state index contributed by atoms with van der Waals surface area (Å²) in [6.07, 6.45) is 67.8. The highest BCUT2D eigenvalue weighted by Gasteiger charge is 2.19. The normalized spacial score (nSPS) is 13.0. The molecule has 0 N–H and O–H groups in total. The van der Waals surface area contributed by atoms with Gasteiger partial charge in [0.15, 0.2) is 6.10 Å². The second-order valence-corrected chi connectivity index (χ2v) is 16.5. The third-order valence-electron chi connectivity index (χ3n) is 10.4. The molecule has 63 heavy (non-hydrogen) atoms. The number of hydrogen-bond acceptors (Lipinski definition) is 6. The predicted molar refractivity (Wildman–Crippen MR) is 270 cm³/mol. The lowest BCUT2D eigenvalue weighted by atomic mass is 10.1. The maximum Gasteiger partial charge on any atom is 0.306 e. The number of allylic oxidation sites excluding steroid dienone is 18. The van der Waals surface area contributed by atoms with Crippen LogP contribution in [0.1, 0.15) is 213 Å². The lowest BCUT2D eigenvalue weighted by Gasteiger charge is -2.18. The predicted octanol–water partition coefficient (Wildman–Crippen LogP) is 16.8. The first-order chi connectivity index (χ1) is 31.0. The minimum absolute atomic E-state index is 0.107. The molecule has 0 aromatic carbocycles. The molecule has 1 unspecified atom stereocenters. The van der Waals surface area contributed by atoms with Crippen molar-refractivity contribution in [2.24, 2.45) is 0 Å². The van der Waals surface area contributed by atoms with E-state index in [0.29, 0.717) is 19.3 Å². The Kier molecular flexibility index (Phi) is 47.5. The van der Waals surface area contributed by atoms with Gasteiger partial charge in [-0.1, -0.05) is 220 Å². The number of esters is 3. The zero-order valence-electron chi connectivity index (χ0n) is 40.5. The summed E-state index contributed by atoms with van der Waals surface area (Å²) in [5, 5.41) is 0. The fourth-order valence-corrected chi connectivity index (χ4v) is 6.63. The number of carbonyl (C=O) groups is 3. The number of carbonyl (C=O) groups excluding carboxylic acids is 3. The van der Waals surface area contributed by atoms with Crippen molar-refractivity contribution in [3.05, 3.63) is 109 Å². The van der Waals surface area contributed by atoms with Gasteiger partial charge in [-0.15, -0.1) is 0 Å². The van der Waals surface area contributed by atoms with Crippen LogP contribution in [0, 0.1) is 0 Å². The molecule has 356 valence electrons. The average molecular weight is 873 g/mol. The molecule has 0 spiro atoms. The van der Waals surface area contributed by atoms with Crippen molar-refractivity contribution >= 4 is 17.9 Å². The van der Waals surface area contributed by atoms with Gasteiger partial charge in [-0.2, -0.15) is 0 Å². The second-order valence-electron chi connectivity index (χ2n) is 16.5. The van der Waals surface area contributed by atoms with Gasteiger partial charge >= 0.3 is 17.9 Å². The van der Waals surface area contributed by atoms with Crippen LogP contribution >= 0.6 is 0 Å². The number of rotatable bonds is 44. The van der Waals surface area contributed by atoms with Gasteiger partial charge in [-0.25, -0.2) is 0 Å². The van der Waals surface area contributed by atoms with Gasteiger partial charge in [0.1, 0.15) is 13.2 Å². The van der Waals surface area contributed by atoms with Gasteiger partial charge in [-0.05, 0) is 83.5 Å². The van der Waals surface area contributed by atoms with Crippen LogP contribution in [0.3, 0.4) is 0 Å². The fraction of sp³-hybridized carbons (Fsp3) is 0.632. The lowest BCUT2D eigenvalue weighted by Crippen LogP contribution is -2.30. The van der Waals surface area contributed by atoms with E-state index >= 15 is 0 Å². The molecular formula is C57H92O6. The van der Waals surface area contributed by atoms with E-state index in [9.17, 15) is 14.4 Å². The summed E-state index contributed by atoms with van der Waals surface area (Å²) < 4.78 is 16.7. The van der Waals surface area contributed by atoms with Crippen molar-refractivity contribution in [1.82, 2.24) is 0 Å². The smallest absolute Gasteiger partial charge is 0.306 e. The molecule has 0 amide bonds. The van der Waals surface area contributed by atoms with Gasteiger partial charge in [0.2, 0.25) is 0 Å². The number of hydrogen-bond donors (Lipinski definition) is 0. The molecule has 0 bridgehead atoms. The monoisotopic (exact) mass is 873 g/mol. The summed E-state index contributed by atoms with van der Waals surface area (Å²) in [6.45, 7) is 6.29. The van der Waals surface area contributed by atoms with Gasteiger partial charge in [-0.3, -0.25) is 14.4 Å². The molecule has 0 aliphatic heterocycles. The summed E-state index contributed by atoms with van der Waals surface area (Å²) in [5.74, 6) is -0.980. The Morgan fingerprint density at radius 1 is 0.333 bits per heavy atom. The molecule has 6 heteroatoms. The summed E-state index contributed by atoms with van der Waals surface area (Å²) in [6, 6.07) is 0. The molecule has 0 aromatic rings. The first-order valence-corrected chi connectivity index (χ1v) is 25.5. The summed E-state index contributed by atoms with van der Waals surface area (Å²) in [7, 11) is 0. The number of unbranched alkanes of at least 4 members (excludes halogenated alkanes) is 21. The second kappa shape index (κ2) is 50.7. The van der Waals surface area contributed by atoms with Crippen LogP contribution in [0.2, 0.25) is 0 Å². The van der Waals surface area contributed by atoms with Crippen LogP contribution in [-0.2, 0) is 28.6 Å². The first-order valence-electron chi connectivity index (χ1n) is 25.5. The van der Waals surface area contributed by atoms with E-state index in [0.717, 1.165) is 89.9 Å². The van der Waals surface area contributed by atoms with E-state index in [2.05, 4.69) is 81.5 Å². The molecule has 0 saturated carbocycles. The van der Waals surface area contributed by atoms with Gasteiger partial charge in [0, 0.05) is 19.3 Å². The van der Waals surface area contributed by atoms with Crippen molar-refractivity contribution in [3.8, 4) is 0 Å². The average Bonchev–Trinajstić information content (AvgIpc) is 3.28. The van der Waals surface area contributed by atoms with Crippen molar-refractivity contribution < 1.29 is 28.6 Å². The zero-order valence-corrected chi connectivity index (χ0v) is 40.5. The van der Waals surface area contributed by atoms with Crippen LogP contribution < -0.4 is 0 Å². The minimum Gasteiger partial charge on any atom is -0.462 e. The highest BCUT2D eigenvalue weighted by molar-refractivity contribution is 5.71. The quantitative estimate of drug-likeness (QED) is 0.0199. The van der Waals surface area contributed by atoms with Gasteiger partial charge in [0.25, 0.3) is 0 Å². The summed E-state index contributed by atoms with van der Waals surface area (Å²) >= 11 is 0. The number of ether oxygens (including phenoxy) is 3. The van der Waals surface area contributed by atoms with Crippen molar-refractivity contribution in [2.45, 2.75) is 219 Å². The first kappa shape index (κ1) is 59.1. The maximum atomic E-state index is 12.8. The van der Waals surface area contributed by atoms with E-state index in [1.54, 1.807) is 0 Å². The largest absolute Gasteiger partial charge is 0.462 e. The molecule has 0 aliphatic rings. The Labute approximate surface area is 387 Å². The standard InChI is InChI=1S/C57H92O6/c1-4-7-10-13-16-19-22-25-27-28-30-32-35-38-41-44-47-50-56(59)62-53-54(52-61-55(58)49-46-43-40-37-34-31-24-21-18-15-12-9-6-3)63-57(60)51-48-45-42-39-36-33-29-26-23-20-17-14-11-8-5-2/h8-9,11-12,14-15,17-18,20-21,23-27,29,33,36,54H,4-7,10,13,16,19,22,28,30-32,34-35,37-53H2,1-3H3/b11-8-,12-9-,17-14-,18-15-,23-20-,24-21-,27-25-,29-26-,36-33-. The van der Waals surface area contributed by atoms with Crippen molar-refractivity contribution in [3.63, 3.8) is 0 Å². The Bertz CT molecular complexity index is 1330. The Balaban J connectivity index is 4.50. The van der Waals surface area contributed by atoms with E-state index in [1.807, 2.05) is 48.6 Å². The van der Waals surface area contributed by atoms with Gasteiger partial charge < -0.3 is 14.2 Å². The lowest BCUT2D eigenvalue weighted by molar-refractivity contribution is -0.167. The van der Waals surface area contributed by atoms with E-state index in [1.165, 1.54) is 77.0 Å². The Morgan fingerprint density at radius 2 is 0.635 bits per heavy atom. The molecule has 6 nitrogen and oxygen atoms in total. The fourth-order valence-electron chi connectivity index (χ4n) is 6.63. The maximum absolute atomic E-state index is 12.8.